The van der Waals surface area contributed by atoms with E-state index in [-0.39, 0.29) is 12.4 Å². The Morgan fingerprint density at radius 3 is 2.44 bits per heavy atom. The van der Waals surface area contributed by atoms with Crippen molar-refractivity contribution in [3.63, 3.8) is 0 Å². The third-order valence-corrected chi connectivity index (χ3v) is 2.54. The highest BCUT2D eigenvalue weighted by molar-refractivity contribution is 5.85. The standard InChI is InChI=1S/C13H16N2.ClH/c1-3-12-4-6-13(7-5-12)10-15-9-8-14(2)11-15;/h3-9H,1,10-11H2,2H3;1H. The van der Waals surface area contributed by atoms with Crippen molar-refractivity contribution in [2.75, 3.05) is 13.7 Å². The Kier molecular flexibility index (Phi) is 4.44. The van der Waals surface area contributed by atoms with E-state index in [1.807, 2.05) is 6.08 Å². The molecule has 0 radical (unpaired) electrons. The number of halogens is 1. The van der Waals surface area contributed by atoms with E-state index in [0.29, 0.717) is 0 Å². The van der Waals surface area contributed by atoms with E-state index >= 15 is 0 Å². The monoisotopic (exact) mass is 236 g/mol. The zero-order chi connectivity index (χ0) is 10.7. The summed E-state index contributed by atoms with van der Waals surface area (Å²) in [4.78, 5) is 4.45. The number of nitrogens with zero attached hydrogens (tertiary/aromatic N) is 2. The van der Waals surface area contributed by atoms with Gasteiger partial charge in [-0.05, 0) is 11.1 Å². The molecule has 3 heteroatoms. The number of rotatable bonds is 3. The minimum Gasteiger partial charge on any atom is -0.362 e. The highest BCUT2D eigenvalue weighted by Gasteiger charge is 2.07. The molecular formula is C13H17ClN2. The maximum Gasteiger partial charge on any atom is 0.0894 e. The van der Waals surface area contributed by atoms with E-state index in [9.17, 15) is 0 Å². The van der Waals surface area contributed by atoms with Gasteiger partial charge in [-0.3, -0.25) is 0 Å². The smallest absolute Gasteiger partial charge is 0.0894 e. The van der Waals surface area contributed by atoms with Gasteiger partial charge >= 0.3 is 0 Å². The average molecular weight is 237 g/mol. The fraction of sp³-hybridized carbons (Fsp3) is 0.231. The van der Waals surface area contributed by atoms with Gasteiger partial charge in [-0.25, -0.2) is 0 Å². The van der Waals surface area contributed by atoms with E-state index in [1.165, 1.54) is 11.1 Å². The van der Waals surface area contributed by atoms with Gasteiger partial charge in [0.25, 0.3) is 0 Å². The van der Waals surface area contributed by atoms with Crippen LogP contribution in [0, 0.1) is 0 Å². The summed E-state index contributed by atoms with van der Waals surface area (Å²) in [7, 11) is 2.08. The summed E-state index contributed by atoms with van der Waals surface area (Å²) < 4.78 is 0. The van der Waals surface area contributed by atoms with E-state index in [2.05, 4.69) is 60.1 Å². The van der Waals surface area contributed by atoms with E-state index in [0.717, 1.165) is 13.2 Å². The Balaban J connectivity index is 0.00000128. The molecule has 0 aliphatic carbocycles. The van der Waals surface area contributed by atoms with Crippen LogP contribution in [0.5, 0.6) is 0 Å². The fourth-order valence-electron chi connectivity index (χ4n) is 1.69. The molecular weight excluding hydrogens is 220 g/mol. The summed E-state index contributed by atoms with van der Waals surface area (Å²) in [6, 6.07) is 8.52. The van der Waals surface area contributed by atoms with Gasteiger partial charge in [-0.15, -0.1) is 12.4 Å². The van der Waals surface area contributed by atoms with Crippen LogP contribution in [0.15, 0.2) is 43.2 Å². The highest BCUT2D eigenvalue weighted by Crippen LogP contribution is 2.11. The SMILES string of the molecule is C=Cc1ccc(CN2C=CN(C)C2)cc1.Cl. The van der Waals surface area contributed by atoms with Gasteiger partial charge in [0.15, 0.2) is 0 Å². The molecule has 0 fully saturated rings. The van der Waals surface area contributed by atoms with Crippen LogP contribution >= 0.6 is 12.4 Å². The molecule has 0 saturated carbocycles. The summed E-state index contributed by atoms with van der Waals surface area (Å²) in [6.45, 7) is 5.69. The third kappa shape index (κ3) is 3.04. The number of hydrogen-bond donors (Lipinski definition) is 0. The van der Waals surface area contributed by atoms with Crippen molar-refractivity contribution in [1.82, 2.24) is 9.80 Å². The minimum atomic E-state index is 0. The van der Waals surface area contributed by atoms with Crippen molar-refractivity contribution in [3.8, 4) is 0 Å². The summed E-state index contributed by atoms with van der Waals surface area (Å²) in [6.07, 6.45) is 6.09. The topological polar surface area (TPSA) is 6.48 Å². The normalized spacial score (nSPS) is 13.8. The molecule has 0 saturated heterocycles. The summed E-state index contributed by atoms with van der Waals surface area (Å²) in [5.74, 6) is 0. The summed E-state index contributed by atoms with van der Waals surface area (Å²) >= 11 is 0. The van der Waals surface area contributed by atoms with Gasteiger partial charge in [0, 0.05) is 26.0 Å². The zero-order valence-corrected chi connectivity index (χ0v) is 10.3. The van der Waals surface area contributed by atoms with Crippen LogP contribution in [0.4, 0.5) is 0 Å². The van der Waals surface area contributed by atoms with Crippen molar-refractivity contribution in [2.24, 2.45) is 0 Å². The maximum absolute atomic E-state index is 3.75. The molecule has 16 heavy (non-hydrogen) atoms. The lowest BCUT2D eigenvalue weighted by Gasteiger charge is -2.18. The van der Waals surface area contributed by atoms with Crippen molar-refractivity contribution in [1.29, 1.82) is 0 Å². The fourth-order valence-corrected chi connectivity index (χ4v) is 1.69. The molecule has 0 amide bonds. The zero-order valence-electron chi connectivity index (χ0n) is 9.47. The van der Waals surface area contributed by atoms with Crippen LogP contribution in [0.25, 0.3) is 6.08 Å². The van der Waals surface area contributed by atoms with Gasteiger partial charge in [0.2, 0.25) is 0 Å². The molecule has 1 aromatic carbocycles. The minimum absolute atomic E-state index is 0. The lowest BCUT2D eigenvalue weighted by molar-refractivity contribution is 0.291. The van der Waals surface area contributed by atoms with Gasteiger partial charge < -0.3 is 9.80 Å². The molecule has 1 heterocycles. The number of benzene rings is 1. The largest absolute Gasteiger partial charge is 0.362 e. The van der Waals surface area contributed by atoms with E-state index in [4.69, 9.17) is 0 Å². The molecule has 0 atom stereocenters. The van der Waals surface area contributed by atoms with Crippen LogP contribution in [0.1, 0.15) is 11.1 Å². The average Bonchev–Trinajstić information content (AvgIpc) is 2.65. The van der Waals surface area contributed by atoms with Gasteiger partial charge in [0.05, 0.1) is 6.67 Å². The van der Waals surface area contributed by atoms with Crippen molar-refractivity contribution < 1.29 is 0 Å². The molecule has 0 spiro atoms. The van der Waals surface area contributed by atoms with Crippen LogP contribution in [-0.2, 0) is 6.54 Å². The lowest BCUT2D eigenvalue weighted by Crippen LogP contribution is -2.21. The molecule has 0 aromatic heterocycles. The Morgan fingerprint density at radius 1 is 1.25 bits per heavy atom. The first-order valence-electron chi connectivity index (χ1n) is 5.12. The number of hydrogen-bond acceptors (Lipinski definition) is 2. The lowest BCUT2D eigenvalue weighted by atomic mass is 10.1. The van der Waals surface area contributed by atoms with E-state index < -0.39 is 0 Å². The van der Waals surface area contributed by atoms with E-state index in [1.54, 1.807) is 0 Å². The molecule has 86 valence electrons. The first kappa shape index (κ1) is 12.7. The van der Waals surface area contributed by atoms with Crippen molar-refractivity contribution in [3.05, 3.63) is 54.4 Å². The second kappa shape index (κ2) is 5.61. The van der Waals surface area contributed by atoms with Crippen LogP contribution in [0.3, 0.4) is 0 Å². The van der Waals surface area contributed by atoms with Gasteiger partial charge in [-0.1, -0.05) is 36.9 Å². The first-order valence-corrected chi connectivity index (χ1v) is 5.12. The second-order valence-corrected chi connectivity index (χ2v) is 3.89. The Morgan fingerprint density at radius 2 is 1.94 bits per heavy atom. The Bertz CT molecular complexity index is 370. The predicted molar refractivity (Wildman–Crippen MR) is 71.1 cm³/mol. The van der Waals surface area contributed by atoms with Crippen LogP contribution in [-0.4, -0.2) is 23.5 Å². The molecule has 0 bridgehead atoms. The van der Waals surface area contributed by atoms with Crippen molar-refractivity contribution in [2.45, 2.75) is 6.54 Å². The molecule has 1 aromatic rings. The third-order valence-electron chi connectivity index (χ3n) is 2.54. The maximum atomic E-state index is 3.75. The van der Waals surface area contributed by atoms with Gasteiger partial charge in [0.1, 0.15) is 0 Å². The molecule has 2 nitrogen and oxygen atoms in total. The predicted octanol–water partition coefficient (Wildman–Crippen LogP) is 2.93. The van der Waals surface area contributed by atoms with Crippen LogP contribution < -0.4 is 0 Å². The second-order valence-electron chi connectivity index (χ2n) is 3.89. The molecule has 1 aliphatic rings. The van der Waals surface area contributed by atoms with Crippen molar-refractivity contribution >= 4 is 18.5 Å². The van der Waals surface area contributed by atoms with Crippen LogP contribution in [0.2, 0.25) is 0 Å². The summed E-state index contributed by atoms with van der Waals surface area (Å²) in [5.41, 5.74) is 2.51. The summed E-state index contributed by atoms with van der Waals surface area (Å²) in [5, 5.41) is 0. The Labute approximate surface area is 103 Å². The molecule has 2 rings (SSSR count). The Hall–Kier alpha value is -1.41. The molecule has 0 unspecified atom stereocenters. The quantitative estimate of drug-likeness (QED) is 0.796. The van der Waals surface area contributed by atoms with Gasteiger partial charge in [-0.2, -0.15) is 0 Å². The molecule has 1 aliphatic heterocycles. The highest BCUT2D eigenvalue weighted by atomic mass is 35.5. The first-order chi connectivity index (χ1) is 7.28. The molecule has 0 N–H and O–H groups in total.